The van der Waals surface area contributed by atoms with E-state index in [-0.39, 0.29) is 16.4 Å². The number of hydrogen-bond acceptors (Lipinski definition) is 6. The predicted octanol–water partition coefficient (Wildman–Crippen LogP) is 4.79. The number of thiophene rings is 1. The molecule has 0 fully saturated rings. The monoisotopic (exact) mass is 460 g/mol. The van der Waals surface area contributed by atoms with Crippen molar-refractivity contribution < 1.29 is 17.6 Å². The highest BCUT2D eigenvalue weighted by Gasteiger charge is 2.22. The summed E-state index contributed by atoms with van der Waals surface area (Å²) in [7, 11) is -3.35. The van der Waals surface area contributed by atoms with Gasteiger partial charge in [0.15, 0.2) is 15.0 Å². The van der Waals surface area contributed by atoms with E-state index in [2.05, 4.69) is 4.98 Å². The fourth-order valence-corrected chi connectivity index (χ4v) is 5.43. The molecule has 0 aliphatic carbocycles. The number of amides is 1. The Morgan fingerprint density at radius 1 is 1.13 bits per heavy atom. The molecule has 4 aromatic rings. The molecule has 0 radical (unpaired) electrons. The Hall–Kier alpha value is -2.62. The normalized spacial score (nSPS) is 11.7. The number of sulfone groups is 1. The van der Waals surface area contributed by atoms with Crippen LogP contribution in [0.1, 0.15) is 15.2 Å². The third-order valence-electron chi connectivity index (χ3n) is 4.49. The summed E-state index contributed by atoms with van der Waals surface area (Å²) in [6, 6.07) is 14.2. The van der Waals surface area contributed by atoms with E-state index in [0.717, 1.165) is 11.1 Å². The number of halogens is 1. The Labute approximate surface area is 181 Å². The Morgan fingerprint density at radius 2 is 1.97 bits per heavy atom. The van der Waals surface area contributed by atoms with Crippen molar-refractivity contribution in [2.24, 2.45) is 0 Å². The maximum Gasteiger partial charge on any atom is 0.260 e. The lowest BCUT2D eigenvalue weighted by atomic mass is 10.2. The first-order valence-electron chi connectivity index (χ1n) is 9.02. The second-order valence-corrected chi connectivity index (χ2v) is 10.8. The van der Waals surface area contributed by atoms with Crippen molar-refractivity contribution >= 4 is 53.8 Å². The summed E-state index contributed by atoms with van der Waals surface area (Å²) >= 11 is 2.84. The number of nitrogens with zero attached hydrogens (tertiary/aromatic N) is 2. The van der Waals surface area contributed by atoms with Gasteiger partial charge in [-0.25, -0.2) is 17.8 Å². The van der Waals surface area contributed by atoms with E-state index < -0.39 is 15.7 Å². The summed E-state index contributed by atoms with van der Waals surface area (Å²) in [5.74, 6) is -0.838. The van der Waals surface area contributed by atoms with Crippen molar-refractivity contribution in [3.63, 3.8) is 0 Å². The number of benzene rings is 2. The maximum absolute atomic E-state index is 13.7. The Kier molecular flexibility index (Phi) is 5.68. The molecule has 1 amide bonds. The lowest BCUT2D eigenvalue weighted by molar-refractivity contribution is 0.0987. The third kappa shape index (κ3) is 4.43. The van der Waals surface area contributed by atoms with Gasteiger partial charge < -0.3 is 0 Å². The molecule has 0 aliphatic heterocycles. The van der Waals surface area contributed by atoms with Crippen molar-refractivity contribution in [1.82, 2.24) is 4.98 Å². The number of aromatic nitrogens is 1. The smallest absolute Gasteiger partial charge is 0.260 e. The van der Waals surface area contributed by atoms with E-state index in [9.17, 15) is 17.6 Å². The van der Waals surface area contributed by atoms with Crippen LogP contribution in [0.5, 0.6) is 0 Å². The first-order valence-corrected chi connectivity index (χ1v) is 12.6. The molecule has 5 nitrogen and oxygen atoms in total. The minimum Gasteiger partial charge on any atom is -0.284 e. The molecule has 0 saturated carbocycles. The van der Waals surface area contributed by atoms with Crippen LogP contribution in [0.2, 0.25) is 0 Å². The number of carbonyl (C=O) groups is 1. The molecular formula is C21H17FN2O3S3. The van der Waals surface area contributed by atoms with Gasteiger partial charge in [0, 0.05) is 23.2 Å². The minimum absolute atomic E-state index is 0.201. The summed E-state index contributed by atoms with van der Waals surface area (Å²) in [6.45, 7) is 0.370. The van der Waals surface area contributed by atoms with Crippen LogP contribution in [0.3, 0.4) is 0 Å². The van der Waals surface area contributed by atoms with Crippen LogP contribution in [0, 0.1) is 5.82 Å². The molecule has 154 valence electrons. The van der Waals surface area contributed by atoms with Crippen molar-refractivity contribution in [1.29, 1.82) is 0 Å². The van der Waals surface area contributed by atoms with E-state index in [4.69, 9.17) is 0 Å². The molecule has 0 saturated heterocycles. The van der Waals surface area contributed by atoms with Gasteiger partial charge in [-0.2, -0.15) is 0 Å². The average Bonchev–Trinajstić information content (AvgIpc) is 3.36. The van der Waals surface area contributed by atoms with Crippen molar-refractivity contribution in [2.45, 2.75) is 11.3 Å². The van der Waals surface area contributed by atoms with Gasteiger partial charge in [0.05, 0.1) is 15.1 Å². The highest BCUT2D eigenvalue weighted by Crippen LogP contribution is 2.32. The van der Waals surface area contributed by atoms with Gasteiger partial charge in [0.25, 0.3) is 5.91 Å². The Morgan fingerprint density at radius 3 is 2.67 bits per heavy atom. The summed E-state index contributed by atoms with van der Waals surface area (Å²) < 4.78 is 38.1. The fourth-order valence-electron chi connectivity index (χ4n) is 2.98. The molecule has 4 rings (SSSR count). The maximum atomic E-state index is 13.7. The average molecular weight is 461 g/mol. The molecular weight excluding hydrogens is 443 g/mol. The number of carbonyl (C=O) groups excluding carboxylic acids is 1. The van der Waals surface area contributed by atoms with Crippen molar-refractivity contribution in [2.75, 3.05) is 17.7 Å². The van der Waals surface area contributed by atoms with Gasteiger partial charge >= 0.3 is 0 Å². The zero-order valence-electron chi connectivity index (χ0n) is 15.9. The van der Waals surface area contributed by atoms with Crippen LogP contribution < -0.4 is 4.90 Å². The minimum atomic E-state index is -3.35. The topological polar surface area (TPSA) is 67.3 Å². The first-order chi connectivity index (χ1) is 14.3. The number of anilines is 1. The quantitative estimate of drug-likeness (QED) is 0.415. The van der Waals surface area contributed by atoms with Crippen LogP contribution in [0.25, 0.3) is 10.2 Å². The van der Waals surface area contributed by atoms with Crippen LogP contribution in [0.4, 0.5) is 9.52 Å². The molecule has 0 aliphatic rings. The number of hydrogen-bond donors (Lipinski definition) is 0. The van der Waals surface area contributed by atoms with Crippen LogP contribution in [-0.4, -0.2) is 32.1 Å². The van der Waals surface area contributed by atoms with Gasteiger partial charge in [-0.05, 0) is 54.3 Å². The van der Waals surface area contributed by atoms with Crippen LogP contribution >= 0.6 is 22.7 Å². The van der Waals surface area contributed by atoms with Crippen LogP contribution in [-0.2, 0) is 16.3 Å². The second kappa shape index (κ2) is 8.25. The van der Waals surface area contributed by atoms with E-state index in [1.807, 2.05) is 17.5 Å². The number of thiazole rings is 1. The molecule has 0 atom stereocenters. The number of rotatable bonds is 6. The second-order valence-electron chi connectivity index (χ2n) is 6.69. The molecule has 2 aromatic carbocycles. The fraction of sp³-hybridized carbons (Fsp3) is 0.143. The number of fused-ring (bicyclic) bond motifs is 1. The van der Waals surface area contributed by atoms with Gasteiger partial charge in [-0.3, -0.25) is 9.69 Å². The summed E-state index contributed by atoms with van der Waals surface area (Å²) in [4.78, 5) is 20.6. The standard InChI is InChI=1S/C21H17FN2O3S3/c1-30(26,27)17-7-8-18-19(13-17)29-21(23-18)24(10-9-16-6-3-11-28-16)20(25)14-4-2-5-15(22)12-14/h2-8,11-13H,9-10H2,1H3. The van der Waals surface area contributed by atoms with E-state index >= 15 is 0 Å². The summed E-state index contributed by atoms with van der Waals surface area (Å²) in [6.07, 6.45) is 1.78. The zero-order valence-corrected chi connectivity index (χ0v) is 18.4. The first kappa shape index (κ1) is 20.6. The molecule has 0 unspecified atom stereocenters. The molecule has 0 bridgehead atoms. The summed E-state index contributed by atoms with van der Waals surface area (Å²) in [5.41, 5.74) is 0.841. The van der Waals surface area contributed by atoms with Crippen LogP contribution in [0.15, 0.2) is 64.9 Å². The van der Waals surface area contributed by atoms with E-state index in [0.29, 0.717) is 28.3 Å². The van der Waals surface area contributed by atoms with Gasteiger partial charge in [-0.1, -0.05) is 23.5 Å². The predicted molar refractivity (Wildman–Crippen MR) is 119 cm³/mol. The molecule has 9 heteroatoms. The van der Waals surface area contributed by atoms with E-state index in [1.165, 1.54) is 40.5 Å². The molecule has 0 N–H and O–H groups in total. The van der Waals surface area contributed by atoms with Crippen molar-refractivity contribution in [3.8, 4) is 0 Å². The van der Waals surface area contributed by atoms with Gasteiger partial charge in [0.1, 0.15) is 5.82 Å². The Balaban J connectivity index is 1.73. The van der Waals surface area contributed by atoms with E-state index in [1.54, 1.807) is 29.5 Å². The Bertz CT molecular complexity index is 1310. The van der Waals surface area contributed by atoms with Gasteiger partial charge in [-0.15, -0.1) is 11.3 Å². The highest BCUT2D eigenvalue weighted by atomic mass is 32.2. The molecule has 2 heterocycles. The summed E-state index contributed by atoms with van der Waals surface area (Å²) in [5, 5.41) is 2.42. The molecule has 30 heavy (non-hydrogen) atoms. The third-order valence-corrected chi connectivity index (χ3v) is 7.57. The van der Waals surface area contributed by atoms with Gasteiger partial charge in [0.2, 0.25) is 0 Å². The van der Waals surface area contributed by atoms with Crippen molar-refractivity contribution in [3.05, 3.63) is 76.2 Å². The molecule has 0 spiro atoms. The largest absolute Gasteiger partial charge is 0.284 e. The lowest BCUT2D eigenvalue weighted by Crippen LogP contribution is -2.32. The highest BCUT2D eigenvalue weighted by molar-refractivity contribution is 7.90. The molecule has 2 aromatic heterocycles. The lowest BCUT2D eigenvalue weighted by Gasteiger charge is -2.19. The zero-order chi connectivity index (χ0) is 21.3. The SMILES string of the molecule is CS(=O)(=O)c1ccc2nc(N(CCc3cccs3)C(=O)c3cccc(F)c3)sc2c1.